The van der Waals surface area contributed by atoms with E-state index in [0.717, 1.165) is 25.9 Å². The summed E-state index contributed by atoms with van der Waals surface area (Å²) in [5.41, 5.74) is 0.755. The molecule has 0 aromatic carbocycles. The Morgan fingerprint density at radius 1 is 1.43 bits per heavy atom. The molecule has 0 saturated heterocycles. The summed E-state index contributed by atoms with van der Waals surface area (Å²) in [6.07, 6.45) is 3.39. The molecule has 2 rings (SSSR count). The Balaban J connectivity index is 1.64. The average Bonchev–Trinajstić information content (AvgIpc) is 2.76. The van der Waals surface area contributed by atoms with Crippen molar-refractivity contribution in [1.29, 1.82) is 0 Å². The minimum Gasteiger partial charge on any atom is -0.444 e. The first-order chi connectivity index (χ1) is 9.87. The lowest BCUT2D eigenvalue weighted by Crippen LogP contribution is -2.53. The Hall–Kier alpha value is -1.56. The molecule has 1 aliphatic rings. The summed E-state index contributed by atoms with van der Waals surface area (Å²) in [6, 6.07) is 2.70. The minimum atomic E-state index is -0.440. The maximum Gasteiger partial charge on any atom is 0.407 e. The highest BCUT2D eigenvalue weighted by Gasteiger charge is 2.31. The van der Waals surface area contributed by atoms with E-state index in [9.17, 15) is 4.79 Å². The van der Waals surface area contributed by atoms with Gasteiger partial charge in [0.15, 0.2) is 0 Å². The lowest BCUT2D eigenvalue weighted by molar-refractivity contribution is 0.0465. The van der Waals surface area contributed by atoms with Crippen LogP contribution in [-0.4, -0.2) is 33.6 Å². The van der Waals surface area contributed by atoms with Gasteiger partial charge in [0.2, 0.25) is 0 Å². The smallest absolute Gasteiger partial charge is 0.407 e. The zero-order chi connectivity index (χ0) is 15.5. The van der Waals surface area contributed by atoms with Crippen molar-refractivity contribution in [3.05, 3.63) is 18.0 Å². The molecule has 1 aliphatic carbocycles. The maximum atomic E-state index is 11.6. The molecule has 2 N–H and O–H groups in total. The number of hydrogen-bond donors (Lipinski definition) is 2. The topological polar surface area (TPSA) is 68.2 Å². The third-order valence-electron chi connectivity index (χ3n) is 3.53. The van der Waals surface area contributed by atoms with Gasteiger partial charge in [0.25, 0.3) is 0 Å². The highest BCUT2D eigenvalue weighted by atomic mass is 16.6. The van der Waals surface area contributed by atoms with Crippen LogP contribution in [0.25, 0.3) is 0 Å². The molecule has 0 atom stereocenters. The number of amides is 1. The van der Waals surface area contributed by atoms with Crippen molar-refractivity contribution in [2.75, 3.05) is 0 Å². The Kier molecular flexibility index (Phi) is 4.88. The molecule has 6 heteroatoms. The molecule has 1 fully saturated rings. The number of aromatic nitrogens is 2. The molecule has 1 heterocycles. The molecule has 118 valence electrons. The SMILES string of the molecule is CCn1nccc1CNC1CC(NC(=O)OC(C)(C)C)C1. The Morgan fingerprint density at radius 2 is 2.14 bits per heavy atom. The zero-order valence-corrected chi connectivity index (χ0v) is 13.3. The van der Waals surface area contributed by atoms with Crippen LogP contribution in [0, 0.1) is 0 Å². The molecule has 0 aliphatic heterocycles. The quantitative estimate of drug-likeness (QED) is 0.872. The summed E-state index contributed by atoms with van der Waals surface area (Å²) in [4.78, 5) is 11.6. The van der Waals surface area contributed by atoms with Gasteiger partial charge < -0.3 is 15.4 Å². The number of alkyl carbamates (subject to hydrolysis) is 1. The lowest BCUT2D eigenvalue weighted by Gasteiger charge is -2.36. The van der Waals surface area contributed by atoms with E-state index in [4.69, 9.17) is 4.74 Å². The summed E-state index contributed by atoms with van der Waals surface area (Å²) in [5, 5.41) is 10.6. The van der Waals surface area contributed by atoms with Crippen LogP contribution in [0.3, 0.4) is 0 Å². The molecule has 21 heavy (non-hydrogen) atoms. The predicted molar refractivity (Wildman–Crippen MR) is 80.9 cm³/mol. The molecule has 1 aromatic rings. The van der Waals surface area contributed by atoms with Crippen LogP contribution in [0.2, 0.25) is 0 Å². The summed E-state index contributed by atoms with van der Waals surface area (Å²) in [6.45, 7) is 9.40. The monoisotopic (exact) mass is 294 g/mol. The Labute approximate surface area is 126 Å². The van der Waals surface area contributed by atoms with E-state index in [1.807, 2.05) is 37.7 Å². The number of carbonyl (C=O) groups is 1. The highest BCUT2D eigenvalue weighted by Crippen LogP contribution is 2.21. The van der Waals surface area contributed by atoms with Crippen LogP contribution in [0.4, 0.5) is 4.79 Å². The second kappa shape index (κ2) is 6.47. The third kappa shape index (κ3) is 4.74. The molecule has 0 bridgehead atoms. The molecule has 1 amide bonds. The van der Waals surface area contributed by atoms with Crippen molar-refractivity contribution >= 4 is 6.09 Å². The fourth-order valence-electron chi connectivity index (χ4n) is 2.42. The third-order valence-corrected chi connectivity index (χ3v) is 3.53. The van der Waals surface area contributed by atoms with Crippen LogP contribution in [-0.2, 0) is 17.8 Å². The van der Waals surface area contributed by atoms with Gasteiger partial charge in [0, 0.05) is 31.4 Å². The largest absolute Gasteiger partial charge is 0.444 e. The molecular formula is C15H26N4O2. The van der Waals surface area contributed by atoms with E-state index in [2.05, 4.69) is 22.7 Å². The number of ether oxygens (including phenoxy) is 1. The van der Waals surface area contributed by atoms with Crippen LogP contribution >= 0.6 is 0 Å². The van der Waals surface area contributed by atoms with E-state index in [1.165, 1.54) is 5.69 Å². The van der Waals surface area contributed by atoms with Crippen LogP contribution < -0.4 is 10.6 Å². The Morgan fingerprint density at radius 3 is 2.76 bits per heavy atom. The zero-order valence-electron chi connectivity index (χ0n) is 13.3. The number of rotatable bonds is 5. The summed E-state index contributed by atoms with van der Waals surface area (Å²) in [5.74, 6) is 0. The van der Waals surface area contributed by atoms with E-state index < -0.39 is 5.60 Å². The molecule has 0 radical (unpaired) electrons. The van der Waals surface area contributed by atoms with Crippen LogP contribution in [0.1, 0.15) is 46.2 Å². The average molecular weight is 294 g/mol. The van der Waals surface area contributed by atoms with E-state index in [-0.39, 0.29) is 12.1 Å². The van der Waals surface area contributed by atoms with Crippen LogP contribution in [0.15, 0.2) is 12.3 Å². The molecule has 1 aromatic heterocycles. The first kappa shape index (κ1) is 15.8. The van der Waals surface area contributed by atoms with Gasteiger partial charge in [-0.05, 0) is 46.6 Å². The first-order valence-corrected chi connectivity index (χ1v) is 7.61. The Bertz CT molecular complexity index is 472. The van der Waals surface area contributed by atoms with E-state index in [1.54, 1.807) is 0 Å². The van der Waals surface area contributed by atoms with Gasteiger partial charge in [-0.1, -0.05) is 0 Å². The fraction of sp³-hybridized carbons (Fsp3) is 0.733. The normalized spacial score (nSPS) is 21.7. The summed E-state index contributed by atoms with van der Waals surface area (Å²) < 4.78 is 7.23. The highest BCUT2D eigenvalue weighted by molar-refractivity contribution is 5.68. The summed E-state index contributed by atoms with van der Waals surface area (Å²) in [7, 11) is 0. The molecule has 0 spiro atoms. The van der Waals surface area contributed by atoms with Crippen molar-refractivity contribution < 1.29 is 9.53 Å². The van der Waals surface area contributed by atoms with E-state index in [0.29, 0.717) is 6.04 Å². The maximum absolute atomic E-state index is 11.6. The number of aryl methyl sites for hydroxylation is 1. The minimum absolute atomic E-state index is 0.216. The summed E-state index contributed by atoms with van der Waals surface area (Å²) >= 11 is 0. The van der Waals surface area contributed by atoms with Gasteiger partial charge in [0.05, 0.1) is 5.69 Å². The number of nitrogens with one attached hydrogen (secondary N) is 2. The number of hydrogen-bond acceptors (Lipinski definition) is 4. The molecular weight excluding hydrogens is 268 g/mol. The van der Waals surface area contributed by atoms with Crippen molar-refractivity contribution in [2.24, 2.45) is 0 Å². The second-order valence-corrected chi connectivity index (χ2v) is 6.53. The molecule has 0 unspecified atom stereocenters. The van der Waals surface area contributed by atoms with Gasteiger partial charge in [-0.25, -0.2) is 4.79 Å². The van der Waals surface area contributed by atoms with Crippen molar-refractivity contribution in [3.63, 3.8) is 0 Å². The van der Waals surface area contributed by atoms with Gasteiger partial charge in [-0.2, -0.15) is 5.10 Å². The standard InChI is InChI=1S/C15H26N4O2/c1-5-19-13(6-7-17-19)10-16-11-8-12(9-11)18-14(20)21-15(2,3)4/h6-7,11-12,16H,5,8-10H2,1-4H3,(H,18,20). The van der Waals surface area contributed by atoms with E-state index >= 15 is 0 Å². The van der Waals surface area contributed by atoms with Gasteiger partial charge >= 0.3 is 6.09 Å². The van der Waals surface area contributed by atoms with Gasteiger partial charge in [-0.15, -0.1) is 0 Å². The first-order valence-electron chi connectivity index (χ1n) is 7.61. The van der Waals surface area contributed by atoms with Crippen LogP contribution in [0.5, 0.6) is 0 Å². The van der Waals surface area contributed by atoms with Gasteiger partial charge in [0.1, 0.15) is 5.60 Å². The fourth-order valence-corrected chi connectivity index (χ4v) is 2.42. The van der Waals surface area contributed by atoms with Crippen molar-refractivity contribution in [3.8, 4) is 0 Å². The predicted octanol–water partition coefficient (Wildman–Crippen LogP) is 2.05. The second-order valence-electron chi connectivity index (χ2n) is 6.53. The van der Waals surface area contributed by atoms with Crippen molar-refractivity contribution in [2.45, 2.75) is 71.3 Å². The number of nitrogens with zero attached hydrogens (tertiary/aromatic N) is 2. The van der Waals surface area contributed by atoms with Crippen molar-refractivity contribution in [1.82, 2.24) is 20.4 Å². The molecule has 1 saturated carbocycles. The lowest BCUT2D eigenvalue weighted by atomic mass is 9.87. The van der Waals surface area contributed by atoms with Gasteiger partial charge in [-0.3, -0.25) is 4.68 Å². The molecule has 6 nitrogen and oxygen atoms in total. The number of carbonyl (C=O) groups excluding carboxylic acids is 1.